The third kappa shape index (κ3) is 3.31. The number of benzene rings is 2. The van der Waals surface area contributed by atoms with Crippen molar-refractivity contribution in [1.29, 1.82) is 0 Å². The van der Waals surface area contributed by atoms with Crippen LogP contribution in [0.4, 0.5) is 5.69 Å². The molecule has 3 heteroatoms. The maximum atomic E-state index is 4.30. The van der Waals surface area contributed by atoms with E-state index in [2.05, 4.69) is 65.8 Å². The first-order valence-electron chi connectivity index (χ1n) is 7.12. The molecule has 21 heavy (non-hydrogen) atoms. The molecule has 0 aliphatic heterocycles. The highest BCUT2D eigenvalue weighted by molar-refractivity contribution is 7.09. The Balaban J connectivity index is 1.73. The van der Waals surface area contributed by atoms with Gasteiger partial charge in [-0.3, -0.25) is 0 Å². The molecule has 0 atom stereocenters. The lowest BCUT2D eigenvalue weighted by Gasteiger charge is -2.12. The zero-order valence-corrected chi connectivity index (χ0v) is 12.9. The normalized spacial score (nSPS) is 10.5. The quantitative estimate of drug-likeness (QED) is 0.733. The van der Waals surface area contributed by atoms with Crippen molar-refractivity contribution in [2.45, 2.75) is 13.3 Å². The zero-order valence-electron chi connectivity index (χ0n) is 12.0. The van der Waals surface area contributed by atoms with E-state index in [1.807, 2.05) is 11.6 Å². The first kappa shape index (κ1) is 13.8. The van der Waals surface area contributed by atoms with E-state index >= 15 is 0 Å². The first-order valence-corrected chi connectivity index (χ1v) is 8.00. The van der Waals surface area contributed by atoms with Crippen LogP contribution < -0.4 is 5.32 Å². The zero-order chi connectivity index (χ0) is 14.5. The predicted molar refractivity (Wildman–Crippen MR) is 90.9 cm³/mol. The van der Waals surface area contributed by atoms with Gasteiger partial charge in [-0.2, -0.15) is 0 Å². The van der Waals surface area contributed by atoms with Crippen LogP contribution in [0.3, 0.4) is 0 Å². The van der Waals surface area contributed by atoms with Crippen molar-refractivity contribution in [3.05, 3.63) is 70.7 Å². The molecule has 1 N–H and O–H groups in total. The van der Waals surface area contributed by atoms with E-state index in [4.69, 9.17) is 0 Å². The molecule has 3 rings (SSSR count). The van der Waals surface area contributed by atoms with Gasteiger partial charge >= 0.3 is 0 Å². The third-order valence-electron chi connectivity index (χ3n) is 3.52. The molecular weight excluding hydrogens is 276 g/mol. The van der Waals surface area contributed by atoms with E-state index in [1.165, 1.54) is 21.7 Å². The fourth-order valence-electron chi connectivity index (χ4n) is 2.38. The predicted octanol–water partition coefficient (Wildman–Crippen LogP) is 4.77. The molecule has 1 heterocycles. The Morgan fingerprint density at radius 1 is 1.00 bits per heavy atom. The van der Waals surface area contributed by atoms with E-state index in [1.54, 1.807) is 11.3 Å². The Morgan fingerprint density at radius 2 is 1.76 bits per heavy atom. The van der Waals surface area contributed by atoms with E-state index in [0.29, 0.717) is 0 Å². The molecule has 3 aromatic rings. The first-order chi connectivity index (χ1) is 10.3. The molecule has 0 saturated carbocycles. The molecule has 2 nitrogen and oxygen atoms in total. The average Bonchev–Trinajstić information content (AvgIpc) is 2.94. The van der Waals surface area contributed by atoms with Crippen molar-refractivity contribution in [1.82, 2.24) is 4.98 Å². The van der Waals surface area contributed by atoms with Gasteiger partial charge in [0.25, 0.3) is 0 Å². The van der Waals surface area contributed by atoms with Crippen molar-refractivity contribution >= 4 is 17.0 Å². The highest BCUT2D eigenvalue weighted by Crippen LogP contribution is 2.27. The maximum absolute atomic E-state index is 4.30. The lowest BCUT2D eigenvalue weighted by atomic mass is 10.0. The number of nitrogens with one attached hydrogen (secondary N) is 1. The molecule has 0 aliphatic carbocycles. The second-order valence-corrected chi connectivity index (χ2v) is 5.89. The van der Waals surface area contributed by atoms with Crippen LogP contribution in [0.1, 0.15) is 10.6 Å². The molecule has 0 aliphatic rings. The molecule has 0 saturated heterocycles. The van der Waals surface area contributed by atoms with Gasteiger partial charge < -0.3 is 5.32 Å². The lowest BCUT2D eigenvalue weighted by molar-refractivity contribution is 1.02. The van der Waals surface area contributed by atoms with Crippen molar-refractivity contribution in [3.8, 4) is 11.1 Å². The minimum Gasteiger partial charge on any atom is -0.384 e. The maximum Gasteiger partial charge on any atom is 0.0797 e. The molecule has 0 fully saturated rings. The van der Waals surface area contributed by atoms with Crippen LogP contribution in [0.5, 0.6) is 0 Å². The summed E-state index contributed by atoms with van der Waals surface area (Å²) in [5, 5.41) is 3.56. The standard InChI is InChI=1S/C18H18N2S/c1-14-18(21-13-20-14)11-12-19-17-10-6-5-9-16(17)15-7-3-2-4-8-15/h2-10,13,19H,11-12H2,1H3. The monoisotopic (exact) mass is 294 g/mol. The molecule has 0 bridgehead atoms. The molecule has 1 aromatic heterocycles. The van der Waals surface area contributed by atoms with Crippen molar-refractivity contribution < 1.29 is 0 Å². The number of aryl methyl sites for hydroxylation is 1. The summed E-state index contributed by atoms with van der Waals surface area (Å²) in [6.45, 7) is 3.00. The van der Waals surface area contributed by atoms with Gasteiger partial charge in [0.15, 0.2) is 0 Å². The number of rotatable bonds is 5. The summed E-state index contributed by atoms with van der Waals surface area (Å²) in [5.74, 6) is 0. The Hall–Kier alpha value is -2.13. The number of nitrogens with zero attached hydrogens (tertiary/aromatic N) is 1. The number of para-hydroxylation sites is 1. The minimum atomic E-state index is 0.923. The second-order valence-electron chi connectivity index (χ2n) is 4.95. The van der Waals surface area contributed by atoms with Crippen LogP contribution in [0, 0.1) is 6.92 Å². The van der Waals surface area contributed by atoms with Gasteiger partial charge in [-0.1, -0.05) is 48.5 Å². The number of aromatic nitrogens is 1. The summed E-state index contributed by atoms with van der Waals surface area (Å²) in [7, 11) is 0. The fourth-order valence-corrected chi connectivity index (χ4v) is 3.16. The Bertz CT molecular complexity index is 704. The van der Waals surface area contributed by atoms with Gasteiger partial charge in [0.05, 0.1) is 11.2 Å². The summed E-state index contributed by atoms with van der Waals surface area (Å²) in [6.07, 6.45) is 1.01. The van der Waals surface area contributed by atoms with Crippen molar-refractivity contribution in [2.75, 3.05) is 11.9 Å². The minimum absolute atomic E-state index is 0.923. The molecular formula is C18H18N2S. The SMILES string of the molecule is Cc1ncsc1CCNc1ccccc1-c1ccccc1. The fraction of sp³-hybridized carbons (Fsp3) is 0.167. The van der Waals surface area contributed by atoms with Crippen LogP contribution in [0.25, 0.3) is 11.1 Å². The molecule has 0 unspecified atom stereocenters. The number of anilines is 1. The number of thiazole rings is 1. The summed E-state index contributed by atoms with van der Waals surface area (Å²) < 4.78 is 0. The van der Waals surface area contributed by atoms with Crippen LogP contribution in [0.15, 0.2) is 60.1 Å². The van der Waals surface area contributed by atoms with E-state index in [0.717, 1.165) is 18.7 Å². The average molecular weight is 294 g/mol. The highest BCUT2D eigenvalue weighted by Gasteiger charge is 2.05. The van der Waals surface area contributed by atoms with E-state index in [-0.39, 0.29) is 0 Å². The van der Waals surface area contributed by atoms with Gasteiger partial charge in [-0.05, 0) is 18.6 Å². The smallest absolute Gasteiger partial charge is 0.0797 e. The van der Waals surface area contributed by atoms with Gasteiger partial charge in [-0.25, -0.2) is 4.98 Å². The Labute approximate surface area is 129 Å². The number of hydrogen-bond acceptors (Lipinski definition) is 3. The van der Waals surface area contributed by atoms with Crippen LogP contribution in [0.2, 0.25) is 0 Å². The number of hydrogen-bond donors (Lipinski definition) is 1. The molecule has 2 aromatic carbocycles. The van der Waals surface area contributed by atoms with E-state index in [9.17, 15) is 0 Å². The summed E-state index contributed by atoms with van der Waals surface area (Å²) >= 11 is 1.73. The largest absolute Gasteiger partial charge is 0.384 e. The van der Waals surface area contributed by atoms with Gasteiger partial charge in [0.2, 0.25) is 0 Å². The molecule has 0 amide bonds. The topological polar surface area (TPSA) is 24.9 Å². The Morgan fingerprint density at radius 3 is 2.52 bits per heavy atom. The highest BCUT2D eigenvalue weighted by atomic mass is 32.1. The van der Waals surface area contributed by atoms with Crippen LogP contribution >= 0.6 is 11.3 Å². The summed E-state index contributed by atoms with van der Waals surface area (Å²) in [6, 6.07) is 19.0. The third-order valence-corrected chi connectivity index (χ3v) is 4.52. The molecule has 0 radical (unpaired) electrons. The summed E-state index contributed by atoms with van der Waals surface area (Å²) in [5.41, 5.74) is 6.75. The Kier molecular flexibility index (Phi) is 4.31. The second kappa shape index (κ2) is 6.55. The van der Waals surface area contributed by atoms with Gasteiger partial charge in [0, 0.05) is 29.1 Å². The van der Waals surface area contributed by atoms with E-state index < -0.39 is 0 Å². The summed E-state index contributed by atoms with van der Waals surface area (Å²) in [4.78, 5) is 5.66. The van der Waals surface area contributed by atoms with Gasteiger partial charge in [-0.15, -0.1) is 11.3 Å². The molecule has 0 spiro atoms. The van der Waals surface area contributed by atoms with Crippen LogP contribution in [-0.4, -0.2) is 11.5 Å². The van der Waals surface area contributed by atoms with Crippen molar-refractivity contribution in [2.24, 2.45) is 0 Å². The van der Waals surface area contributed by atoms with Crippen molar-refractivity contribution in [3.63, 3.8) is 0 Å². The molecule has 106 valence electrons. The van der Waals surface area contributed by atoms with Crippen LogP contribution in [-0.2, 0) is 6.42 Å². The lowest BCUT2D eigenvalue weighted by Crippen LogP contribution is -2.05. The van der Waals surface area contributed by atoms with Gasteiger partial charge in [0.1, 0.15) is 0 Å².